The van der Waals surface area contributed by atoms with Gasteiger partial charge in [-0.25, -0.2) is 0 Å². The molecule has 2 atom stereocenters. The Morgan fingerprint density at radius 2 is 1.55 bits per heavy atom. The molecule has 2 aliphatic rings. The summed E-state index contributed by atoms with van der Waals surface area (Å²) in [5, 5.41) is 3.01. The van der Waals surface area contributed by atoms with Crippen LogP contribution < -0.4 is 13.6 Å². The van der Waals surface area contributed by atoms with Crippen molar-refractivity contribution in [2.45, 2.75) is 57.5 Å². The normalized spacial score (nSPS) is 17.1. The fourth-order valence-electron chi connectivity index (χ4n) is 7.10. The van der Waals surface area contributed by atoms with Crippen molar-refractivity contribution < 1.29 is 17.9 Å². The van der Waals surface area contributed by atoms with Crippen LogP contribution in [-0.2, 0) is 17.9 Å². The number of allylic oxidation sites excluding steroid dienone is 1. The first-order valence-electron chi connectivity index (χ1n) is 14.7. The van der Waals surface area contributed by atoms with Crippen molar-refractivity contribution >= 4 is 46.3 Å². The van der Waals surface area contributed by atoms with E-state index in [-0.39, 0.29) is 3.63 Å². The molecule has 204 valence electrons. The zero-order valence-electron chi connectivity index (χ0n) is 24.4. The van der Waals surface area contributed by atoms with Crippen molar-refractivity contribution in [3.63, 3.8) is 0 Å². The molecule has 4 aromatic rings. The van der Waals surface area contributed by atoms with Crippen molar-refractivity contribution in [2.24, 2.45) is 5.92 Å². The van der Waals surface area contributed by atoms with E-state index in [2.05, 4.69) is 120 Å². The molecule has 1 aliphatic carbocycles. The second kappa shape index (κ2) is 10.9. The summed E-state index contributed by atoms with van der Waals surface area (Å²) in [6.45, 7) is 13.7. The standard InChI is InChI=1S/C24H29.C12H9Si.2ClH.Zr/c1-7-18(6)20-13-19-8-9-22(15(2)3)24(23(19)14-20)21-11-16(4)10-17(5)12-21;1-3-7-11-9(5-1)10-6-2-4-8-12(10)13-11;;;/h8-15,18H,7H2,1-6H3;1-7H,13H2;2*1H;/q;;;;+2/p-2. The number of halogens is 2. The molecule has 0 saturated carbocycles. The molecule has 0 bridgehead atoms. The zero-order valence-corrected chi connectivity index (χ0v) is 29.8. The number of hydrogen-bond donors (Lipinski definition) is 0. The summed E-state index contributed by atoms with van der Waals surface area (Å²) in [6, 6.07) is 27.4. The van der Waals surface area contributed by atoms with Crippen LogP contribution in [-0.4, -0.2) is 9.52 Å². The van der Waals surface area contributed by atoms with Crippen molar-refractivity contribution in [3.05, 3.63) is 106 Å². The molecule has 0 spiro atoms. The van der Waals surface area contributed by atoms with Crippen LogP contribution in [0, 0.1) is 19.8 Å². The van der Waals surface area contributed by atoms with Gasteiger partial charge in [0.15, 0.2) is 0 Å². The predicted molar refractivity (Wildman–Crippen MR) is 177 cm³/mol. The van der Waals surface area contributed by atoms with Gasteiger partial charge in [-0.1, -0.05) is 0 Å². The number of aryl methyl sites for hydroxylation is 2. The molecule has 6 rings (SSSR count). The van der Waals surface area contributed by atoms with E-state index in [9.17, 15) is 0 Å². The average Bonchev–Trinajstić information content (AvgIpc) is 3.50. The van der Waals surface area contributed by atoms with Gasteiger partial charge in [0.1, 0.15) is 0 Å². The van der Waals surface area contributed by atoms with E-state index in [0.717, 1.165) is 6.42 Å². The minimum absolute atomic E-state index is 0.109. The summed E-state index contributed by atoms with van der Waals surface area (Å²) >= 11 is -4.01. The van der Waals surface area contributed by atoms with Gasteiger partial charge in [-0.05, 0) is 0 Å². The molecular formula is C36H38Cl2SiZr. The molecule has 1 aliphatic heterocycles. The molecule has 4 heteroatoms. The maximum absolute atomic E-state index is 7.93. The Labute approximate surface area is 254 Å². The number of hydrogen-bond acceptors (Lipinski definition) is 0. The van der Waals surface area contributed by atoms with Crippen LogP contribution in [0.3, 0.4) is 0 Å². The Hall–Kier alpha value is -1.70. The van der Waals surface area contributed by atoms with E-state index in [0.29, 0.717) is 11.8 Å². The molecule has 2 unspecified atom stereocenters. The number of benzene rings is 4. The minimum atomic E-state index is -4.01. The second-order valence-corrected chi connectivity index (χ2v) is 28.1. The van der Waals surface area contributed by atoms with Gasteiger partial charge in [0.25, 0.3) is 0 Å². The van der Waals surface area contributed by atoms with E-state index in [1.165, 1.54) is 69.3 Å². The van der Waals surface area contributed by atoms with Gasteiger partial charge in [-0.3, -0.25) is 0 Å². The Bertz CT molecular complexity index is 1650. The predicted octanol–water partition coefficient (Wildman–Crippen LogP) is 8.47. The van der Waals surface area contributed by atoms with Crippen LogP contribution >= 0.6 is 17.0 Å². The van der Waals surface area contributed by atoms with Gasteiger partial charge in [0, 0.05) is 0 Å². The van der Waals surface area contributed by atoms with Crippen LogP contribution in [0.4, 0.5) is 0 Å². The summed E-state index contributed by atoms with van der Waals surface area (Å²) in [6.07, 6.45) is 3.58. The Morgan fingerprint density at radius 1 is 0.850 bits per heavy atom. The summed E-state index contributed by atoms with van der Waals surface area (Å²) in [7, 11) is 15.2. The Balaban J connectivity index is 1.58. The van der Waals surface area contributed by atoms with E-state index in [1.54, 1.807) is 0 Å². The van der Waals surface area contributed by atoms with Gasteiger partial charge < -0.3 is 0 Å². The van der Waals surface area contributed by atoms with Crippen LogP contribution in [0.1, 0.15) is 71.5 Å². The van der Waals surface area contributed by atoms with Crippen LogP contribution in [0.25, 0.3) is 28.3 Å². The fourth-order valence-corrected chi connectivity index (χ4v) is 24.0. The third-order valence-electron chi connectivity index (χ3n) is 9.15. The van der Waals surface area contributed by atoms with E-state index in [4.69, 9.17) is 17.0 Å². The maximum atomic E-state index is 7.93. The van der Waals surface area contributed by atoms with Crippen LogP contribution in [0.15, 0.2) is 78.4 Å². The van der Waals surface area contributed by atoms with Gasteiger partial charge in [0.2, 0.25) is 0 Å². The molecule has 40 heavy (non-hydrogen) atoms. The average molecular weight is 661 g/mol. The van der Waals surface area contributed by atoms with Gasteiger partial charge in [-0.2, -0.15) is 0 Å². The van der Waals surface area contributed by atoms with Gasteiger partial charge >= 0.3 is 256 Å². The topological polar surface area (TPSA) is 0 Å². The molecule has 0 N–H and O–H groups in total. The summed E-state index contributed by atoms with van der Waals surface area (Å²) < 4.78 is 1.42. The second-order valence-electron chi connectivity index (χ2n) is 12.2. The molecule has 1 heterocycles. The van der Waals surface area contributed by atoms with Crippen molar-refractivity contribution in [3.8, 4) is 22.3 Å². The van der Waals surface area contributed by atoms with Crippen molar-refractivity contribution in [2.75, 3.05) is 0 Å². The van der Waals surface area contributed by atoms with E-state index >= 15 is 0 Å². The first-order chi connectivity index (χ1) is 19.1. The molecule has 0 radical (unpaired) electrons. The summed E-state index contributed by atoms with van der Waals surface area (Å²) in [4.78, 5) is 0. The van der Waals surface area contributed by atoms with E-state index in [1.807, 2.05) is 0 Å². The third-order valence-corrected chi connectivity index (χ3v) is 23.4. The summed E-state index contributed by atoms with van der Waals surface area (Å²) in [5.74, 6) is 0.842. The first kappa shape index (κ1) is 28.4. The molecule has 0 amide bonds. The van der Waals surface area contributed by atoms with Crippen LogP contribution in [0.5, 0.6) is 0 Å². The fraction of sp³-hybridized carbons (Fsp3) is 0.278. The Morgan fingerprint density at radius 3 is 2.25 bits per heavy atom. The van der Waals surface area contributed by atoms with Crippen LogP contribution in [0.2, 0.25) is 0 Å². The van der Waals surface area contributed by atoms with Crippen molar-refractivity contribution in [1.29, 1.82) is 0 Å². The van der Waals surface area contributed by atoms with E-state index < -0.39 is 27.4 Å². The third kappa shape index (κ3) is 4.68. The van der Waals surface area contributed by atoms with Gasteiger partial charge in [-0.15, -0.1) is 0 Å². The first-order valence-corrected chi connectivity index (χ1v) is 25.1. The molecule has 0 fully saturated rings. The zero-order chi connectivity index (χ0) is 28.3. The van der Waals surface area contributed by atoms with Crippen molar-refractivity contribution in [1.82, 2.24) is 0 Å². The number of fused-ring (bicyclic) bond motifs is 4. The van der Waals surface area contributed by atoms with Gasteiger partial charge in [0.05, 0.1) is 0 Å². The SMILES string of the molecule is CCC(C)C1=Cc2c(ccc(C(C)C)c2-c2cc(C)cc(C)c2)[CH]1[Zr]([Cl])([Cl])[c]1cccc2c1[SiH2]c1ccccc1-2. The summed E-state index contributed by atoms with van der Waals surface area (Å²) in [5.41, 5.74) is 13.6. The quantitative estimate of drug-likeness (QED) is 0.160. The molecule has 0 nitrogen and oxygen atoms in total. The number of rotatable bonds is 6. The molecule has 0 saturated heterocycles. The molecular weight excluding hydrogens is 623 g/mol. The Kier molecular flexibility index (Phi) is 7.71. The molecule has 0 aromatic heterocycles. The monoisotopic (exact) mass is 658 g/mol. The molecule has 4 aromatic carbocycles.